The van der Waals surface area contributed by atoms with Crippen molar-refractivity contribution in [2.75, 3.05) is 0 Å². The van der Waals surface area contributed by atoms with Crippen LogP contribution in [-0.4, -0.2) is 43.9 Å². The minimum Gasteiger partial charge on any atom is -1.00 e. The van der Waals surface area contributed by atoms with Crippen molar-refractivity contribution in [3.05, 3.63) is 0 Å². The van der Waals surface area contributed by atoms with E-state index in [9.17, 15) is 14.4 Å². The molecular weight excluding hydrogens is 246 g/mol. The predicted molar refractivity (Wildman–Crippen MR) is 39.3 cm³/mol. The third-order valence-corrected chi connectivity index (χ3v) is 1.29. The van der Waals surface area contributed by atoms with Crippen LogP contribution in [0.1, 0.15) is 15.7 Å². The van der Waals surface area contributed by atoms with E-state index in [0.29, 0.717) is 0 Å². The maximum atomic E-state index is 10.3. The van der Waals surface area contributed by atoms with Gasteiger partial charge in [-0.1, -0.05) is 0 Å². The van der Waals surface area contributed by atoms with Crippen molar-refractivity contribution in [2.24, 2.45) is 0 Å². The van der Waals surface area contributed by atoms with Crippen molar-refractivity contribution < 1.29 is 119 Å². The summed E-state index contributed by atoms with van der Waals surface area (Å²) in [6, 6.07) is 0. The summed E-state index contributed by atoms with van der Waals surface area (Å²) in [6.07, 6.45) is -2.29. The Bertz CT molecular complexity index is 247. The number of aliphatic carboxylic acids is 3. The van der Waals surface area contributed by atoms with Gasteiger partial charge in [0.25, 0.3) is 0 Å². The Kier molecular flexibility index (Phi) is 12.9. The van der Waals surface area contributed by atoms with Crippen LogP contribution >= 0.6 is 0 Å². The molecule has 15 heavy (non-hydrogen) atoms. The zero-order valence-electron chi connectivity index (χ0n) is 10.4. The Balaban J connectivity index is -0.000000120. The first-order chi connectivity index (χ1) is 5.78. The molecule has 78 valence electrons. The fraction of sp³-hybridized carbons (Fsp3) is 0.500. The molecule has 0 heterocycles. The maximum absolute atomic E-state index is 10.3. The summed E-state index contributed by atoms with van der Waals surface area (Å²) in [4.78, 5) is 30.5. The molecule has 0 aliphatic carbocycles. The van der Waals surface area contributed by atoms with Gasteiger partial charge in [0.15, 0.2) is 5.60 Å². The van der Waals surface area contributed by atoms with Gasteiger partial charge in [-0.2, -0.15) is 0 Å². The van der Waals surface area contributed by atoms with E-state index in [1.54, 1.807) is 0 Å². The summed E-state index contributed by atoms with van der Waals surface area (Å²) < 4.78 is 0. The average Bonchev–Trinajstić information content (AvgIpc) is 1.82. The molecule has 0 amide bonds. The summed E-state index contributed by atoms with van der Waals surface area (Å²) in [5.74, 6) is -5.02. The molecule has 0 aliphatic heterocycles. The van der Waals surface area contributed by atoms with Gasteiger partial charge in [0.2, 0.25) is 0 Å². The normalized spacial score (nSPS) is 9.40. The van der Waals surface area contributed by atoms with Crippen LogP contribution in [0.2, 0.25) is 0 Å². The van der Waals surface area contributed by atoms with E-state index in [-0.39, 0.29) is 83.8 Å². The maximum Gasteiger partial charge on any atom is 1.00 e. The topological polar surface area (TPSA) is 132 Å². The van der Waals surface area contributed by atoms with Crippen molar-refractivity contribution in [2.45, 2.75) is 18.4 Å². The molecule has 0 bridgehead atoms. The van der Waals surface area contributed by atoms with Gasteiger partial charge >= 0.3 is 98.8 Å². The van der Waals surface area contributed by atoms with Crippen LogP contribution in [0.4, 0.5) is 0 Å². The van der Waals surface area contributed by atoms with E-state index in [1.165, 1.54) is 0 Å². The molecular formula is C6H10KNaO7. The van der Waals surface area contributed by atoms with Gasteiger partial charge in [0.1, 0.15) is 0 Å². The Morgan fingerprint density at radius 3 is 1.40 bits per heavy atom. The first kappa shape index (κ1) is 21.3. The summed E-state index contributed by atoms with van der Waals surface area (Å²) >= 11 is 0. The first-order valence-electron chi connectivity index (χ1n) is 3.17. The molecule has 0 saturated carbocycles. The zero-order valence-corrected chi connectivity index (χ0v) is 13.6. The Hall–Kier alpha value is 1.01. The number of hydrogen-bond acceptors (Lipinski definition) is 4. The van der Waals surface area contributed by atoms with E-state index >= 15 is 0 Å². The van der Waals surface area contributed by atoms with Crippen LogP contribution in [0.15, 0.2) is 0 Å². The van der Waals surface area contributed by atoms with Crippen LogP contribution in [0.3, 0.4) is 0 Å². The van der Waals surface area contributed by atoms with E-state index < -0.39 is 36.4 Å². The van der Waals surface area contributed by atoms with Gasteiger partial charge in [0, 0.05) is 0 Å². The summed E-state index contributed by atoms with van der Waals surface area (Å²) in [5.41, 5.74) is -2.74. The first-order valence-corrected chi connectivity index (χ1v) is 3.17. The number of carboxylic acid groups (broad SMARTS) is 3. The SMILES string of the molecule is O=C(O)CC(O)(CC(=O)O)C(=O)O.[H-].[H-].[K+].[Na+]. The van der Waals surface area contributed by atoms with Crippen molar-refractivity contribution in [3.63, 3.8) is 0 Å². The molecule has 0 spiro atoms. The molecule has 0 fully saturated rings. The standard InChI is InChI=1S/C6H8O7.K.Na.2H/c7-3(8)1-6(13,5(11)12)2-4(9)10;;;;/h13H,1-2H2,(H,7,8)(H,9,10)(H,11,12);;;;/q;2*+1;2*-1. The molecule has 0 atom stereocenters. The minimum absolute atomic E-state index is 0. The van der Waals surface area contributed by atoms with Crippen molar-refractivity contribution in [1.29, 1.82) is 0 Å². The summed E-state index contributed by atoms with van der Waals surface area (Å²) in [6.45, 7) is 0. The molecule has 0 radical (unpaired) electrons. The number of carbonyl (C=O) groups is 3. The van der Waals surface area contributed by atoms with E-state index in [4.69, 9.17) is 20.4 Å². The van der Waals surface area contributed by atoms with Crippen LogP contribution in [0, 0.1) is 0 Å². The van der Waals surface area contributed by atoms with Crippen LogP contribution in [-0.2, 0) is 14.4 Å². The Labute approximate surface area is 153 Å². The summed E-state index contributed by atoms with van der Waals surface area (Å²) in [5, 5.41) is 33.8. The van der Waals surface area contributed by atoms with Crippen molar-refractivity contribution in [3.8, 4) is 0 Å². The van der Waals surface area contributed by atoms with Gasteiger partial charge in [-0.25, -0.2) is 4.79 Å². The zero-order chi connectivity index (χ0) is 10.6. The van der Waals surface area contributed by atoms with Gasteiger partial charge in [-0.05, 0) is 0 Å². The van der Waals surface area contributed by atoms with Gasteiger partial charge in [-0.15, -0.1) is 0 Å². The average molecular weight is 256 g/mol. The molecule has 4 N–H and O–H groups in total. The second-order valence-electron chi connectivity index (χ2n) is 2.48. The fourth-order valence-corrected chi connectivity index (χ4v) is 0.714. The van der Waals surface area contributed by atoms with Crippen LogP contribution in [0.25, 0.3) is 0 Å². The minimum atomic E-state index is -2.74. The molecule has 0 aromatic heterocycles. The summed E-state index contributed by atoms with van der Waals surface area (Å²) in [7, 11) is 0. The molecule has 9 heteroatoms. The molecule has 0 rings (SSSR count). The van der Waals surface area contributed by atoms with E-state index in [2.05, 4.69) is 0 Å². The smallest absolute Gasteiger partial charge is 1.00 e. The Morgan fingerprint density at radius 2 is 1.27 bits per heavy atom. The fourth-order valence-electron chi connectivity index (χ4n) is 0.714. The third-order valence-electron chi connectivity index (χ3n) is 1.29. The second kappa shape index (κ2) is 9.08. The van der Waals surface area contributed by atoms with Crippen LogP contribution in [0.5, 0.6) is 0 Å². The van der Waals surface area contributed by atoms with Crippen molar-refractivity contribution in [1.82, 2.24) is 0 Å². The third kappa shape index (κ3) is 8.78. The van der Waals surface area contributed by atoms with Crippen LogP contribution < -0.4 is 80.9 Å². The molecule has 7 nitrogen and oxygen atoms in total. The number of aliphatic hydroxyl groups is 1. The van der Waals surface area contributed by atoms with Crippen molar-refractivity contribution >= 4 is 17.9 Å². The Morgan fingerprint density at radius 1 is 1.00 bits per heavy atom. The quantitative estimate of drug-likeness (QED) is 0.359. The van der Waals surface area contributed by atoms with Gasteiger partial charge in [0.05, 0.1) is 12.8 Å². The molecule has 0 aromatic carbocycles. The molecule has 0 unspecified atom stereocenters. The molecule has 0 aromatic rings. The molecule has 0 saturated heterocycles. The second-order valence-corrected chi connectivity index (χ2v) is 2.48. The predicted octanol–water partition coefficient (Wildman–Crippen LogP) is -7.02. The molecule has 0 aliphatic rings. The number of hydrogen-bond donors (Lipinski definition) is 4. The monoisotopic (exact) mass is 256 g/mol. The number of rotatable bonds is 5. The number of carboxylic acids is 3. The van der Waals surface area contributed by atoms with Gasteiger partial charge in [-0.3, -0.25) is 9.59 Å². The van der Waals surface area contributed by atoms with E-state index in [1.807, 2.05) is 0 Å². The van der Waals surface area contributed by atoms with E-state index in [0.717, 1.165) is 0 Å². The largest absolute Gasteiger partial charge is 1.00 e. The van der Waals surface area contributed by atoms with Gasteiger partial charge < -0.3 is 23.3 Å².